The van der Waals surface area contributed by atoms with E-state index in [0.717, 1.165) is 18.2 Å². The van der Waals surface area contributed by atoms with Gasteiger partial charge >= 0.3 is 0 Å². The van der Waals surface area contributed by atoms with Gasteiger partial charge in [0.15, 0.2) is 0 Å². The molecular formula is C16H27N3. The molecule has 0 radical (unpaired) electrons. The van der Waals surface area contributed by atoms with E-state index in [-0.39, 0.29) is 0 Å². The van der Waals surface area contributed by atoms with E-state index in [0.29, 0.717) is 11.3 Å². The average Bonchev–Trinajstić information content (AvgIpc) is 2.62. The zero-order chi connectivity index (χ0) is 13.6. The molecule has 3 heteroatoms. The number of hydrogen-bond acceptors (Lipinski definition) is 3. The van der Waals surface area contributed by atoms with E-state index in [1.807, 2.05) is 0 Å². The Morgan fingerprint density at radius 3 is 2.63 bits per heavy atom. The summed E-state index contributed by atoms with van der Waals surface area (Å²) in [5, 5.41) is 0. The van der Waals surface area contributed by atoms with Gasteiger partial charge in [0.25, 0.3) is 0 Å². The lowest BCUT2D eigenvalue weighted by Gasteiger charge is -2.38. The number of nitrogens with two attached hydrogens (primary N) is 1. The molecule has 2 aliphatic heterocycles. The van der Waals surface area contributed by atoms with Crippen molar-refractivity contribution in [2.45, 2.75) is 39.2 Å². The molecule has 19 heavy (non-hydrogen) atoms. The molecule has 0 saturated carbocycles. The van der Waals surface area contributed by atoms with Gasteiger partial charge in [0.1, 0.15) is 0 Å². The maximum absolute atomic E-state index is 6.04. The Balaban J connectivity index is 1.83. The fourth-order valence-corrected chi connectivity index (χ4v) is 3.99. The molecule has 0 aromatic heterocycles. The van der Waals surface area contributed by atoms with Crippen molar-refractivity contribution in [1.82, 2.24) is 9.80 Å². The van der Waals surface area contributed by atoms with Crippen molar-refractivity contribution < 1.29 is 0 Å². The van der Waals surface area contributed by atoms with Gasteiger partial charge in [0.05, 0.1) is 0 Å². The van der Waals surface area contributed by atoms with E-state index >= 15 is 0 Å². The van der Waals surface area contributed by atoms with E-state index < -0.39 is 0 Å². The molecule has 0 amide bonds. The molecule has 1 unspecified atom stereocenters. The summed E-state index contributed by atoms with van der Waals surface area (Å²) < 4.78 is 0. The fourth-order valence-electron chi connectivity index (χ4n) is 3.99. The van der Waals surface area contributed by atoms with Gasteiger partial charge in [-0.3, -0.25) is 0 Å². The van der Waals surface area contributed by atoms with Gasteiger partial charge < -0.3 is 15.5 Å². The molecule has 2 heterocycles. The van der Waals surface area contributed by atoms with Gasteiger partial charge in [-0.15, -0.1) is 0 Å². The van der Waals surface area contributed by atoms with Crippen molar-refractivity contribution in [1.29, 1.82) is 0 Å². The zero-order valence-corrected chi connectivity index (χ0v) is 12.5. The molecule has 0 bridgehead atoms. The first-order valence-electron chi connectivity index (χ1n) is 7.60. The van der Waals surface area contributed by atoms with Crippen molar-refractivity contribution in [3.05, 3.63) is 23.5 Å². The van der Waals surface area contributed by atoms with Crippen molar-refractivity contribution >= 4 is 0 Å². The highest BCUT2D eigenvalue weighted by molar-refractivity contribution is 5.32. The summed E-state index contributed by atoms with van der Waals surface area (Å²) in [7, 11) is 2.23. The van der Waals surface area contributed by atoms with Crippen LogP contribution in [0, 0.1) is 11.3 Å². The summed E-state index contributed by atoms with van der Waals surface area (Å²) in [6.45, 7) is 8.47. The molecule has 3 aliphatic rings. The second kappa shape index (κ2) is 4.55. The van der Waals surface area contributed by atoms with Crippen LogP contribution in [0.25, 0.3) is 0 Å². The standard InChI is InChI=1S/C16H27N3/c1-16(2)11-19(13-6-8-18(3)9-7-13)15-10-12(17)4-5-14(15)16/h4,10,13-14H,5-9,11,17H2,1-3H3. The second-order valence-corrected chi connectivity index (χ2v) is 7.21. The zero-order valence-electron chi connectivity index (χ0n) is 12.5. The van der Waals surface area contributed by atoms with Crippen LogP contribution >= 0.6 is 0 Å². The van der Waals surface area contributed by atoms with Crippen molar-refractivity contribution in [3.8, 4) is 0 Å². The summed E-state index contributed by atoms with van der Waals surface area (Å²) in [6.07, 6.45) is 8.14. The lowest BCUT2D eigenvalue weighted by Crippen LogP contribution is -2.42. The van der Waals surface area contributed by atoms with E-state index in [1.165, 1.54) is 38.2 Å². The van der Waals surface area contributed by atoms with Crippen LogP contribution in [0.5, 0.6) is 0 Å². The summed E-state index contributed by atoms with van der Waals surface area (Å²) >= 11 is 0. The Bertz CT molecular complexity index is 414. The monoisotopic (exact) mass is 261 g/mol. The highest BCUT2D eigenvalue weighted by Gasteiger charge is 2.45. The summed E-state index contributed by atoms with van der Waals surface area (Å²) in [5.41, 5.74) is 8.90. The van der Waals surface area contributed by atoms with Crippen LogP contribution in [0.2, 0.25) is 0 Å². The third-order valence-electron chi connectivity index (χ3n) is 5.24. The van der Waals surface area contributed by atoms with Crippen LogP contribution in [-0.2, 0) is 0 Å². The molecular weight excluding hydrogens is 234 g/mol. The topological polar surface area (TPSA) is 32.5 Å². The molecule has 2 N–H and O–H groups in total. The summed E-state index contributed by atoms with van der Waals surface area (Å²) in [4.78, 5) is 5.12. The van der Waals surface area contributed by atoms with Crippen LogP contribution in [0.4, 0.5) is 0 Å². The number of nitrogens with zero attached hydrogens (tertiary/aromatic N) is 2. The second-order valence-electron chi connectivity index (χ2n) is 7.21. The number of rotatable bonds is 1. The van der Waals surface area contributed by atoms with Crippen LogP contribution in [0.15, 0.2) is 23.5 Å². The molecule has 2 fully saturated rings. The van der Waals surface area contributed by atoms with E-state index in [1.54, 1.807) is 0 Å². The molecule has 3 nitrogen and oxygen atoms in total. The third kappa shape index (κ3) is 2.29. The predicted molar refractivity (Wildman–Crippen MR) is 79.5 cm³/mol. The van der Waals surface area contributed by atoms with Gasteiger partial charge in [-0.1, -0.05) is 19.9 Å². The number of hydrogen-bond donors (Lipinski definition) is 1. The largest absolute Gasteiger partial charge is 0.399 e. The highest BCUT2D eigenvalue weighted by atomic mass is 15.2. The van der Waals surface area contributed by atoms with E-state index in [4.69, 9.17) is 5.73 Å². The molecule has 1 aliphatic carbocycles. The van der Waals surface area contributed by atoms with Crippen LogP contribution in [0.3, 0.4) is 0 Å². The van der Waals surface area contributed by atoms with Crippen LogP contribution in [-0.4, -0.2) is 42.5 Å². The first kappa shape index (κ1) is 13.0. The van der Waals surface area contributed by atoms with Gasteiger partial charge in [-0.2, -0.15) is 0 Å². The quantitative estimate of drug-likeness (QED) is 0.785. The SMILES string of the molecule is CN1CCC(N2CC(C)(C)C3CC=C(N)C=C32)CC1. The Hall–Kier alpha value is -0.960. The van der Waals surface area contributed by atoms with Gasteiger partial charge in [0, 0.05) is 29.9 Å². The molecule has 1 atom stereocenters. The Morgan fingerprint density at radius 1 is 1.26 bits per heavy atom. The van der Waals surface area contributed by atoms with Gasteiger partial charge in [0.2, 0.25) is 0 Å². The predicted octanol–water partition coefficient (Wildman–Crippen LogP) is 2.17. The normalized spacial score (nSPS) is 31.9. The van der Waals surface area contributed by atoms with E-state index in [2.05, 4.69) is 42.8 Å². The number of likely N-dealkylation sites (tertiary alicyclic amines) is 2. The first-order chi connectivity index (χ1) is 8.97. The minimum Gasteiger partial charge on any atom is -0.399 e. The molecule has 0 aromatic carbocycles. The van der Waals surface area contributed by atoms with Gasteiger partial charge in [-0.25, -0.2) is 0 Å². The van der Waals surface area contributed by atoms with Crippen molar-refractivity contribution in [3.63, 3.8) is 0 Å². The molecule has 0 spiro atoms. The van der Waals surface area contributed by atoms with Crippen LogP contribution < -0.4 is 5.73 Å². The summed E-state index contributed by atoms with van der Waals surface area (Å²) in [6, 6.07) is 0.720. The molecule has 2 saturated heterocycles. The molecule has 0 aromatic rings. The Morgan fingerprint density at radius 2 is 1.95 bits per heavy atom. The number of fused-ring (bicyclic) bond motifs is 1. The van der Waals surface area contributed by atoms with Crippen LogP contribution in [0.1, 0.15) is 33.1 Å². The fraction of sp³-hybridized carbons (Fsp3) is 0.750. The van der Waals surface area contributed by atoms with Crippen molar-refractivity contribution in [2.24, 2.45) is 17.1 Å². The van der Waals surface area contributed by atoms with Gasteiger partial charge in [-0.05, 0) is 50.9 Å². The molecule has 106 valence electrons. The number of allylic oxidation sites excluding steroid dienone is 3. The minimum atomic E-state index is 0.381. The lowest BCUT2D eigenvalue weighted by atomic mass is 9.77. The third-order valence-corrected chi connectivity index (χ3v) is 5.24. The first-order valence-corrected chi connectivity index (χ1v) is 7.60. The molecule has 3 rings (SSSR count). The minimum absolute atomic E-state index is 0.381. The maximum Gasteiger partial charge on any atom is 0.0311 e. The smallest absolute Gasteiger partial charge is 0.0311 e. The average molecular weight is 261 g/mol. The summed E-state index contributed by atoms with van der Waals surface area (Å²) in [5.74, 6) is 0.666. The van der Waals surface area contributed by atoms with Crippen molar-refractivity contribution in [2.75, 3.05) is 26.7 Å². The lowest BCUT2D eigenvalue weighted by molar-refractivity contribution is 0.150. The van der Waals surface area contributed by atoms with E-state index in [9.17, 15) is 0 Å². The Labute approximate surface area is 117 Å². The number of piperidine rings is 1. The Kier molecular flexibility index (Phi) is 3.12. The highest BCUT2D eigenvalue weighted by Crippen LogP contribution is 2.48. The maximum atomic E-state index is 6.04.